The van der Waals surface area contributed by atoms with Crippen molar-refractivity contribution in [2.24, 2.45) is 17.2 Å². The second-order valence-corrected chi connectivity index (χ2v) is 4.37. The van der Waals surface area contributed by atoms with Crippen molar-refractivity contribution < 1.29 is 17.9 Å². The fourth-order valence-electron chi connectivity index (χ4n) is 2.01. The van der Waals surface area contributed by atoms with Crippen LogP contribution in [0.1, 0.15) is 17.5 Å². The van der Waals surface area contributed by atoms with Crippen LogP contribution in [-0.2, 0) is 11.7 Å². The topological polar surface area (TPSA) is 87.3 Å². The molecule has 0 bridgehead atoms. The number of hydrogen-bond acceptors (Lipinski definition) is 4. The van der Waals surface area contributed by atoms with E-state index in [0.717, 1.165) is 12.1 Å². The highest BCUT2D eigenvalue weighted by atomic mass is 19.4. The second-order valence-electron chi connectivity index (χ2n) is 4.37. The van der Waals surface area contributed by atoms with Crippen molar-refractivity contribution in [3.63, 3.8) is 0 Å². The Morgan fingerprint density at radius 2 is 1.94 bits per heavy atom. The Hall–Kier alpha value is -1.31. The first-order valence-corrected chi connectivity index (χ1v) is 5.40. The second kappa shape index (κ2) is 4.11. The first-order valence-electron chi connectivity index (χ1n) is 5.40. The third-order valence-corrected chi connectivity index (χ3v) is 3.18. The predicted octanol–water partition coefficient (Wildman–Crippen LogP) is 0.885. The molecule has 0 radical (unpaired) electrons. The Balaban J connectivity index is 2.55. The highest BCUT2D eigenvalue weighted by Gasteiger charge is 2.40. The first kappa shape index (κ1) is 13.1. The lowest BCUT2D eigenvalue weighted by Crippen LogP contribution is -2.59. The Kier molecular flexibility index (Phi) is 3.00. The van der Waals surface area contributed by atoms with Crippen LogP contribution < -0.4 is 21.9 Å². The third kappa shape index (κ3) is 2.05. The summed E-state index contributed by atoms with van der Waals surface area (Å²) >= 11 is 0. The van der Waals surface area contributed by atoms with E-state index >= 15 is 0 Å². The van der Waals surface area contributed by atoms with E-state index in [4.69, 9.17) is 21.9 Å². The molecule has 18 heavy (non-hydrogen) atoms. The van der Waals surface area contributed by atoms with Gasteiger partial charge in [0.2, 0.25) is 0 Å². The van der Waals surface area contributed by atoms with Gasteiger partial charge in [-0.2, -0.15) is 13.2 Å². The summed E-state index contributed by atoms with van der Waals surface area (Å²) in [6.07, 6.45) is -5.12. The zero-order chi connectivity index (χ0) is 13.6. The average molecular weight is 261 g/mol. The number of benzene rings is 1. The van der Waals surface area contributed by atoms with Gasteiger partial charge in [0.1, 0.15) is 5.75 Å². The number of rotatable bonds is 1. The maximum absolute atomic E-state index is 12.7. The van der Waals surface area contributed by atoms with Crippen LogP contribution in [0.2, 0.25) is 0 Å². The van der Waals surface area contributed by atoms with Crippen LogP contribution in [0.5, 0.6) is 5.75 Å². The molecular weight excluding hydrogens is 247 g/mol. The zero-order valence-corrected chi connectivity index (χ0v) is 9.50. The number of nitrogens with two attached hydrogens (primary N) is 3. The van der Waals surface area contributed by atoms with Gasteiger partial charge in [-0.15, -0.1) is 0 Å². The number of alkyl halides is 3. The minimum Gasteiger partial charge on any atom is -0.493 e. The van der Waals surface area contributed by atoms with Crippen molar-refractivity contribution in [1.29, 1.82) is 0 Å². The van der Waals surface area contributed by atoms with Crippen LogP contribution in [-0.4, -0.2) is 12.8 Å². The molecule has 1 aliphatic heterocycles. The van der Waals surface area contributed by atoms with Crippen LogP contribution in [0.3, 0.4) is 0 Å². The molecule has 6 N–H and O–H groups in total. The highest BCUT2D eigenvalue weighted by molar-refractivity contribution is 5.45. The van der Waals surface area contributed by atoms with Crippen LogP contribution >= 0.6 is 0 Å². The van der Waals surface area contributed by atoms with E-state index in [1.807, 2.05) is 0 Å². The molecule has 2 rings (SSSR count). The Labute approximate surface area is 102 Å². The van der Waals surface area contributed by atoms with Gasteiger partial charge in [0, 0.05) is 12.0 Å². The summed E-state index contributed by atoms with van der Waals surface area (Å²) in [5.74, 6) is 0.303. The summed E-state index contributed by atoms with van der Waals surface area (Å²) in [6, 6.07) is 3.16. The lowest BCUT2D eigenvalue weighted by Gasteiger charge is -2.38. The van der Waals surface area contributed by atoms with Gasteiger partial charge in [-0.25, -0.2) is 0 Å². The van der Waals surface area contributed by atoms with E-state index in [1.165, 1.54) is 6.07 Å². The molecule has 1 aromatic carbocycles. The summed E-state index contributed by atoms with van der Waals surface area (Å²) in [4.78, 5) is 0. The van der Waals surface area contributed by atoms with E-state index in [9.17, 15) is 13.2 Å². The molecule has 0 aliphatic carbocycles. The quantitative estimate of drug-likeness (QED) is 0.655. The fraction of sp³-hybridized carbons (Fsp3) is 0.455. The van der Waals surface area contributed by atoms with Gasteiger partial charge >= 0.3 is 6.18 Å². The first-order chi connectivity index (χ1) is 8.25. The van der Waals surface area contributed by atoms with Gasteiger partial charge in [-0.1, -0.05) is 0 Å². The van der Waals surface area contributed by atoms with Crippen molar-refractivity contribution in [1.82, 2.24) is 0 Å². The molecule has 4 nitrogen and oxygen atoms in total. The zero-order valence-electron chi connectivity index (χ0n) is 9.50. The van der Waals surface area contributed by atoms with Crippen molar-refractivity contribution in [2.75, 3.05) is 6.61 Å². The van der Waals surface area contributed by atoms with E-state index in [2.05, 4.69) is 0 Å². The Bertz CT molecular complexity index is 461. The van der Waals surface area contributed by atoms with Crippen molar-refractivity contribution in [2.45, 2.75) is 24.3 Å². The summed E-state index contributed by atoms with van der Waals surface area (Å²) in [5.41, 5.74) is 15.4. The van der Waals surface area contributed by atoms with E-state index in [1.54, 1.807) is 0 Å². The lowest BCUT2D eigenvalue weighted by atomic mass is 9.82. The number of halogens is 3. The molecule has 1 aliphatic rings. The molecule has 1 unspecified atom stereocenters. The number of fused-ring (bicyclic) bond motifs is 1. The monoisotopic (exact) mass is 261 g/mol. The normalized spacial score (nSPS) is 23.7. The molecular formula is C11H14F3N3O. The predicted molar refractivity (Wildman–Crippen MR) is 59.6 cm³/mol. The van der Waals surface area contributed by atoms with Gasteiger partial charge in [0.05, 0.1) is 23.9 Å². The van der Waals surface area contributed by atoms with Crippen LogP contribution in [0.15, 0.2) is 18.2 Å². The van der Waals surface area contributed by atoms with Crippen molar-refractivity contribution in [3.8, 4) is 5.75 Å². The Morgan fingerprint density at radius 1 is 1.28 bits per heavy atom. The maximum Gasteiger partial charge on any atom is 0.416 e. The smallest absolute Gasteiger partial charge is 0.416 e. The third-order valence-electron chi connectivity index (χ3n) is 3.18. The number of ether oxygens (including phenoxy) is 1. The van der Waals surface area contributed by atoms with Gasteiger partial charge in [-0.3, -0.25) is 0 Å². The molecule has 1 aromatic rings. The minimum absolute atomic E-state index is 0.207. The van der Waals surface area contributed by atoms with E-state index in [-0.39, 0.29) is 18.6 Å². The van der Waals surface area contributed by atoms with Crippen molar-refractivity contribution in [3.05, 3.63) is 29.3 Å². The van der Waals surface area contributed by atoms with Gasteiger partial charge < -0.3 is 21.9 Å². The van der Waals surface area contributed by atoms with Crippen LogP contribution in [0, 0.1) is 0 Å². The fourth-order valence-corrected chi connectivity index (χ4v) is 2.01. The molecule has 0 saturated carbocycles. The molecule has 1 atom stereocenters. The molecule has 0 aromatic heterocycles. The average Bonchev–Trinajstić information content (AvgIpc) is 2.27. The largest absolute Gasteiger partial charge is 0.493 e. The molecule has 0 amide bonds. The molecule has 100 valence electrons. The summed E-state index contributed by atoms with van der Waals surface area (Å²) in [5, 5.41) is 0. The van der Waals surface area contributed by atoms with E-state index < -0.39 is 23.4 Å². The molecule has 0 saturated heterocycles. The van der Waals surface area contributed by atoms with Gasteiger partial charge in [0.25, 0.3) is 0 Å². The summed E-state index contributed by atoms with van der Waals surface area (Å²) in [7, 11) is 0. The molecule has 1 heterocycles. The Morgan fingerprint density at radius 3 is 2.50 bits per heavy atom. The molecule has 0 spiro atoms. The number of hydrogen-bond donors (Lipinski definition) is 3. The summed E-state index contributed by atoms with van der Waals surface area (Å²) < 4.78 is 43.3. The summed E-state index contributed by atoms with van der Waals surface area (Å²) in [6.45, 7) is 0.278. The SMILES string of the molecule is NC(N)C1(N)CCOc2ccc(C(F)(F)F)cc21. The van der Waals surface area contributed by atoms with Crippen LogP contribution in [0.4, 0.5) is 13.2 Å². The standard InChI is InChI=1S/C11H14F3N3O/c12-11(13,14)6-1-2-8-7(5-6)10(17,9(15)16)3-4-18-8/h1-2,5,9H,3-4,15-17H2. The van der Waals surface area contributed by atoms with Gasteiger partial charge in [0.15, 0.2) is 0 Å². The highest BCUT2D eigenvalue weighted by Crippen LogP contribution is 2.40. The van der Waals surface area contributed by atoms with Gasteiger partial charge in [-0.05, 0) is 18.2 Å². The van der Waals surface area contributed by atoms with Crippen molar-refractivity contribution >= 4 is 0 Å². The van der Waals surface area contributed by atoms with E-state index in [0.29, 0.717) is 5.75 Å². The minimum atomic E-state index is -4.44. The molecule has 0 fully saturated rings. The lowest BCUT2D eigenvalue weighted by molar-refractivity contribution is -0.137. The molecule has 7 heteroatoms. The maximum atomic E-state index is 12.7. The van der Waals surface area contributed by atoms with Crippen LogP contribution in [0.25, 0.3) is 0 Å².